The van der Waals surface area contributed by atoms with E-state index in [4.69, 9.17) is 4.74 Å². The number of nitrogens with zero attached hydrogens (tertiary/aromatic N) is 1. The molecule has 0 aromatic heterocycles. The van der Waals surface area contributed by atoms with Crippen LogP contribution in [-0.4, -0.2) is 50.8 Å². The van der Waals surface area contributed by atoms with Gasteiger partial charge in [0, 0.05) is 12.6 Å². The second-order valence-corrected chi connectivity index (χ2v) is 3.42. The third-order valence-electron chi connectivity index (χ3n) is 2.38. The van der Waals surface area contributed by atoms with Gasteiger partial charge in [0.2, 0.25) is 0 Å². The molecule has 0 radical (unpaired) electrons. The summed E-state index contributed by atoms with van der Waals surface area (Å²) in [6.45, 7) is 7.46. The summed E-state index contributed by atoms with van der Waals surface area (Å²) in [5.74, 6) is 0. The van der Waals surface area contributed by atoms with Crippen molar-refractivity contribution in [3.8, 4) is 0 Å². The SMILES string of the molecule is CNCCCN1CCOCC1C. The largest absolute Gasteiger partial charge is 0.379 e. The van der Waals surface area contributed by atoms with Crippen molar-refractivity contribution in [2.45, 2.75) is 19.4 Å². The van der Waals surface area contributed by atoms with E-state index in [-0.39, 0.29) is 0 Å². The highest BCUT2D eigenvalue weighted by atomic mass is 16.5. The summed E-state index contributed by atoms with van der Waals surface area (Å²) in [7, 11) is 2.00. The summed E-state index contributed by atoms with van der Waals surface area (Å²) < 4.78 is 5.36. The summed E-state index contributed by atoms with van der Waals surface area (Å²) in [6.07, 6.45) is 1.24. The first-order valence-electron chi connectivity index (χ1n) is 4.81. The van der Waals surface area contributed by atoms with Gasteiger partial charge in [-0.25, -0.2) is 0 Å². The average Bonchev–Trinajstić information content (AvgIpc) is 2.09. The molecular formula is C9H20N2O. The summed E-state index contributed by atoms with van der Waals surface area (Å²) in [4.78, 5) is 2.50. The summed E-state index contributed by atoms with van der Waals surface area (Å²) in [6, 6.07) is 0.607. The van der Waals surface area contributed by atoms with Crippen LogP contribution in [0.5, 0.6) is 0 Å². The zero-order valence-electron chi connectivity index (χ0n) is 8.18. The molecule has 0 aliphatic carbocycles. The molecule has 1 heterocycles. The molecule has 3 nitrogen and oxygen atoms in total. The molecule has 72 valence electrons. The van der Waals surface area contributed by atoms with Crippen LogP contribution in [0.2, 0.25) is 0 Å². The molecule has 12 heavy (non-hydrogen) atoms. The smallest absolute Gasteiger partial charge is 0.0619 e. The zero-order valence-corrected chi connectivity index (χ0v) is 8.18. The van der Waals surface area contributed by atoms with E-state index >= 15 is 0 Å². The Morgan fingerprint density at radius 3 is 3.08 bits per heavy atom. The third kappa shape index (κ3) is 3.09. The Labute approximate surface area is 75.1 Å². The first kappa shape index (κ1) is 9.96. The quantitative estimate of drug-likeness (QED) is 0.618. The third-order valence-corrected chi connectivity index (χ3v) is 2.38. The molecule has 0 amide bonds. The Morgan fingerprint density at radius 1 is 1.58 bits per heavy atom. The van der Waals surface area contributed by atoms with Gasteiger partial charge in [-0.1, -0.05) is 0 Å². The Bertz CT molecular complexity index is 119. The maximum atomic E-state index is 5.36. The molecule has 0 spiro atoms. The second-order valence-electron chi connectivity index (χ2n) is 3.42. The molecule has 1 unspecified atom stereocenters. The van der Waals surface area contributed by atoms with Crippen LogP contribution < -0.4 is 5.32 Å². The minimum absolute atomic E-state index is 0.607. The molecule has 0 aromatic carbocycles. The molecule has 3 heteroatoms. The van der Waals surface area contributed by atoms with Crippen LogP contribution >= 0.6 is 0 Å². The van der Waals surface area contributed by atoms with E-state index < -0.39 is 0 Å². The molecular weight excluding hydrogens is 152 g/mol. The lowest BCUT2D eigenvalue weighted by atomic mass is 10.2. The van der Waals surface area contributed by atoms with Crippen molar-refractivity contribution in [3.63, 3.8) is 0 Å². The van der Waals surface area contributed by atoms with E-state index in [0.717, 1.165) is 26.3 Å². The van der Waals surface area contributed by atoms with Crippen molar-refractivity contribution in [2.24, 2.45) is 0 Å². The molecule has 1 N–H and O–H groups in total. The van der Waals surface area contributed by atoms with E-state index in [1.165, 1.54) is 13.0 Å². The van der Waals surface area contributed by atoms with Gasteiger partial charge in [0.25, 0.3) is 0 Å². The van der Waals surface area contributed by atoms with Gasteiger partial charge in [0.1, 0.15) is 0 Å². The fourth-order valence-corrected chi connectivity index (χ4v) is 1.55. The van der Waals surface area contributed by atoms with Crippen molar-refractivity contribution in [1.29, 1.82) is 0 Å². The van der Waals surface area contributed by atoms with Crippen molar-refractivity contribution in [2.75, 3.05) is 39.9 Å². The number of morpholine rings is 1. The molecule has 1 atom stereocenters. The van der Waals surface area contributed by atoms with Crippen LogP contribution in [0.15, 0.2) is 0 Å². The predicted octanol–water partition coefficient (Wildman–Crippen LogP) is 0.317. The van der Waals surface area contributed by atoms with Gasteiger partial charge in [-0.3, -0.25) is 4.90 Å². The lowest BCUT2D eigenvalue weighted by molar-refractivity contribution is -0.000537. The number of hydrogen-bond acceptors (Lipinski definition) is 3. The lowest BCUT2D eigenvalue weighted by Gasteiger charge is -2.33. The van der Waals surface area contributed by atoms with Crippen molar-refractivity contribution >= 4 is 0 Å². The van der Waals surface area contributed by atoms with E-state index in [1.54, 1.807) is 0 Å². The average molecular weight is 172 g/mol. The van der Waals surface area contributed by atoms with Crippen molar-refractivity contribution in [1.82, 2.24) is 10.2 Å². The fourth-order valence-electron chi connectivity index (χ4n) is 1.55. The molecule has 1 aliphatic rings. The number of rotatable bonds is 4. The van der Waals surface area contributed by atoms with E-state index in [2.05, 4.69) is 17.1 Å². The molecule has 0 saturated carbocycles. The molecule has 0 aromatic rings. The summed E-state index contributed by atoms with van der Waals surface area (Å²) in [5.41, 5.74) is 0. The molecule has 1 rings (SSSR count). The zero-order chi connectivity index (χ0) is 8.81. The minimum atomic E-state index is 0.607. The minimum Gasteiger partial charge on any atom is -0.379 e. The van der Waals surface area contributed by atoms with E-state index in [1.807, 2.05) is 7.05 Å². The first-order chi connectivity index (χ1) is 5.84. The summed E-state index contributed by atoms with van der Waals surface area (Å²) in [5, 5.41) is 3.16. The Hall–Kier alpha value is -0.120. The topological polar surface area (TPSA) is 24.5 Å². The highest BCUT2D eigenvalue weighted by Crippen LogP contribution is 2.05. The van der Waals surface area contributed by atoms with E-state index in [0.29, 0.717) is 6.04 Å². The normalized spacial score (nSPS) is 26.0. The van der Waals surface area contributed by atoms with Crippen LogP contribution in [0.25, 0.3) is 0 Å². The fraction of sp³-hybridized carbons (Fsp3) is 1.00. The number of hydrogen-bond donors (Lipinski definition) is 1. The number of ether oxygens (including phenoxy) is 1. The standard InChI is InChI=1S/C9H20N2O/c1-9-8-12-7-6-11(9)5-3-4-10-2/h9-10H,3-8H2,1-2H3. The number of nitrogens with one attached hydrogen (secondary N) is 1. The van der Waals surface area contributed by atoms with Gasteiger partial charge in [-0.05, 0) is 33.5 Å². The Kier molecular flexibility index (Phi) is 4.58. The van der Waals surface area contributed by atoms with E-state index in [9.17, 15) is 0 Å². The van der Waals surface area contributed by atoms with Gasteiger partial charge < -0.3 is 10.1 Å². The monoisotopic (exact) mass is 172 g/mol. The molecule has 1 aliphatic heterocycles. The lowest BCUT2D eigenvalue weighted by Crippen LogP contribution is -2.44. The summed E-state index contributed by atoms with van der Waals surface area (Å²) >= 11 is 0. The van der Waals surface area contributed by atoms with Crippen molar-refractivity contribution < 1.29 is 4.74 Å². The first-order valence-corrected chi connectivity index (χ1v) is 4.81. The van der Waals surface area contributed by atoms with Gasteiger partial charge in [0.15, 0.2) is 0 Å². The van der Waals surface area contributed by atoms with Crippen LogP contribution in [0.3, 0.4) is 0 Å². The maximum absolute atomic E-state index is 5.36. The van der Waals surface area contributed by atoms with Crippen LogP contribution in [-0.2, 0) is 4.74 Å². The molecule has 1 fully saturated rings. The van der Waals surface area contributed by atoms with Crippen LogP contribution in [0.4, 0.5) is 0 Å². The van der Waals surface area contributed by atoms with Crippen molar-refractivity contribution in [3.05, 3.63) is 0 Å². The van der Waals surface area contributed by atoms with Crippen LogP contribution in [0, 0.1) is 0 Å². The molecule has 1 saturated heterocycles. The van der Waals surface area contributed by atoms with Gasteiger partial charge in [-0.15, -0.1) is 0 Å². The molecule has 0 bridgehead atoms. The predicted molar refractivity (Wildman–Crippen MR) is 50.4 cm³/mol. The van der Waals surface area contributed by atoms with Crippen LogP contribution in [0.1, 0.15) is 13.3 Å². The second kappa shape index (κ2) is 5.51. The highest BCUT2D eigenvalue weighted by molar-refractivity contribution is 4.70. The maximum Gasteiger partial charge on any atom is 0.0619 e. The Balaban J connectivity index is 2.11. The van der Waals surface area contributed by atoms with Gasteiger partial charge in [-0.2, -0.15) is 0 Å². The van der Waals surface area contributed by atoms with Gasteiger partial charge in [0.05, 0.1) is 13.2 Å². The highest BCUT2D eigenvalue weighted by Gasteiger charge is 2.17. The Morgan fingerprint density at radius 2 is 2.42 bits per heavy atom. The van der Waals surface area contributed by atoms with Gasteiger partial charge >= 0.3 is 0 Å².